The second kappa shape index (κ2) is 8.03. The highest BCUT2D eigenvalue weighted by Gasteiger charge is 2.28. The van der Waals surface area contributed by atoms with E-state index in [0.717, 1.165) is 23.2 Å². The summed E-state index contributed by atoms with van der Waals surface area (Å²) in [5, 5.41) is 2.93. The average Bonchev–Trinajstić information content (AvgIpc) is 2.54. The molecule has 1 aromatic carbocycles. The van der Waals surface area contributed by atoms with Crippen LogP contribution in [0.5, 0.6) is 0 Å². The topological polar surface area (TPSA) is 91.0 Å². The largest absolute Gasteiger partial charge is 0.377 e. The van der Waals surface area contributed by atoms with Gasteiger partial charge in [-0.25, -0.2) is 17.9 Å². The summed E-state index contributed by atoms with van der Waals surface area (Å²) in [4.78, 5) is 16.3. The molecule has 1 aliphatic rings. The molecule has 9 heteroatoms. The summed E-state index contributed by atoms with van der Waals surface area (Å²) >= 11 is 0. The van der Waals surface area contributed by atoms with Crippen molar-refractivity contribution in [2.75, 3.05) is 56.9 Å². The Morgan fingerprint density at radius 1 is 1.40 bits per heavy atom. The molecule has 8 nitrogen and oxygen atoms in total. The van der Waals surface area contributed by atoms with Crippen LogP contribution in [-0.4, -0.2) is 72.0 Å². The smallest absolute Gasteiger partial charge is 0.322 e. The minimum absolute atomic E-state index is 0.128. The molecular weight excluding hydrogens is 344 g/mol. The Morgan fingerprint density at radius 2 is 2.12 bits per heavy atom. The Morgan fingerprint density at radius 3 is 2.76 bits per heavy atom. The van der Waals surface area contributed by atoms with Crippen molar-refractivity contribution in [1.29, 1.82) is 0 Å². The van der Waals surface area contributed by atoms with E-state index in [4.69, 9.17) is 4.74 Å². The van der Waals surface area contributed by atoms with E-state index in [0.29, 0.717) is 19.8 Å². The molecule has 0 spiro atoms. The summed E-state index contributed by atoms with van der Waals surface area (Å²) in [5.74, 6) is 0. The Labute approximate surface area is 149 Å². The lowest BCUT2D eigenvalue weighted by molar-refractivity contribution is 0.0176. The number of morpholine rings is 1. The van der Waals surface area contributed by atoms with Crippen molar-refractivity contribution < 1.29 is 17.9 Å². The number of rotatable bonds is 5. The Hall–Kier alpha value is -1.84. The molecule has 25 heavy (non-hydrogen) atoms. The highest BCUT2D eigenvalue weighted by atomic mass is 32.2. The van der Waals surface area contributed by atoms with Gasteiger partial charge in [-0.05, 0) is 24.6 Å². The zero-order valence-corrected chi connectivity index (χ0v) is 15.9. The Balaban J connectivity index is 2.11. The van der Waals surface area contributed by atoms with Crippen LogP contribution in [0.25, 0.3) is 0 Å². The highest BCUT2D eigenvalue weighted by molar-refractivity contribution is 7.88. The highest BCUT2D eigenvalue weighted by Crippen LogP contribution is 2.25. The Bertz CT molecular complexity index is 721. The Kier molecular flexibility index (Phi) is 6.26. The van der Waals surface area contributed by atoms with Crippen LogP contribution in [0.2, 0.25) is 0 Å². The van der Waals surface area contributed by atoms with Crippen molar-refractivity contribution in [3.8, 4) is 0 Å². The van der Waals surface area contributed by atoms with Crippen LogP contribution in [0, 0.1) is 6.92 Å². The molecule has 2 rings (SSSR count). The third-order valence-corrected chi connectivity index (χ3v) is 4.79. The van der Waals surface area contributed by atoms with Gasteiger partial charge in [-0.15, -0.1) is 0 Å². The van der Waals surface area contributed by atoms with Gasteiger partial charge >= 0.3 is 6.03 Å². The number of carbonyl (C=O) groups excluding carboxylic acids is 1. The quantitative estimate of drug-likeness (QED) is 0.802. The first kappa shape index (κ1) is 19.5. The van der Waals surface area contributed by atoms with E-state index in [2.05, 4.69) is 10.0 Å². The minimum atomic E-state index is -3.32. The second-order valence-corrected chi connectivity index (χ2v) is 8.15. The first-order chi connectivity index (χ1) is 11.7. The normalized spacial score (nSPS) is 18.1. The maximum Gasteiger partial charge on any atom is 0.322 e. The minimum Gasteiger partial charge on any atom is -0.377 e. The number of amides is 2. The standard InChI is InChI=1S/C16H26N4O4S/c1-12-14(6-5-7-15(12)19(2)3)18-16(21)20-8-9-24-11-13(20)10-17-25(4,22)23/h5-7,13,17H,8-11H2,1-4H3,(H,18,21). The molecule has 1 heterocycles. The lowest BCUT2D eigenvalue weighted by Gasteiger charge is -2.35. The molecule has 1 saturated heterocycles. The molecule has 0 aromatic heterocycles. The van der Waals surface area contributed by atoms with Crippen molar-refractivity contribution in [3.63, 3.8) is 0 Å². The molecule has 2 N–H and O–H groups in total. The summed E-state index contributed by atoms with van der Waals surface area (Å²) in [6.45, 7) is 3.22. The van der Waals surface area contributed by atoms with Crippen LogP contribution in [0.4, 0.5) is 16.2 Å². The van der Waals surface area contributed by atoms with Crippen LogP contribution in [-0.2, 0) is 14.8 Å². The molecule has 0 bridgehead atoms. The van der Waals surface area contributed by atoms with Crippen molar-refractivity contribution in [1.82, 2.24) is 9.62 Å². The lowest BCUT2D eigenvalue weighted by Crippen LogP contribution is -2.54. The molecule has 1 unspecified atom stereocenters. The zero-order valence-electron chi connectivity index (χ0n) is 15.1. The number of urea groups is 1. The van der Waals surface area contributed by atoms with E-state index >= 15 is 0 Å². The molecular formula is C16H26N4O4S. The lowest BCUT2D eigenvalue weighted by atomic mass is 10.1. The number of sulfonamides is 1. The first-order valence-electron chi connectivity index (χ1n) is 8.06. The maximum atomic E-state index is 12.7. The fourth-order valence-corrected chi connectivity index (χ4v) is 3.26. The summed E-state index contributed by atoms with van der Waals surface area (Å²) in [7, 11) is 0.572. The van der Waals surface area contributed by atoms with Gasteiger partial charge in [0.2, 0.25) is 10.0 Å². The fraction of sp³-hybridized carbons (Fsp3) is 0.562. The van der Waals surface area contributed by atoms with Crippen molar-refractivity contribution in [3.05, 3.63) is 23.8 Å². The van der Waals surface area contributed by atoms with E-state index in [1.165, 1.54) is 0 Å². The van der Waals surface area contributed by atoms with Gasteiger partial charge in [0.05, 0.1) is 25.5 Å². The van der Waals surface area contributed by atoms with E-state index in [1.54, 1.807) is 4.90 Å². The number of benzene rings is 1. The summed E-state index contributed by atoms with van der Waals surface area (Å²) in [5.41, 5.74) is 2.73. The molecule has 1 aromatic rings. The van der Waals surface area contributed by atoms with Gasteiger partial charge in [0.25, 0.3) is 0 Å². The van der Waals surface area contributed by atoms with Crippen molar-refractivity contribution >= 4 is 27.4 Å². The van der Waals surface area contributed by atoms with Gasteiger partial charge < -0.3 is 19.9 Å². The first-order valence-corrected chi connectivity index (χ1v) is 9.95. The predicted molar refractivity (Wildman–Crippen MR) is 98.7 cm³/mol. The van der Waals surface area contributed by atoms with Gasteiger partial charge in [0.1, 0.15) is 0 Å². The van der Waals surface area contributed by atoms with E-state index in [9.17, 15) is 13.2 Å². The second-order valence-electron chi connectivity index (χ2n) is 6.32. The predicted octanol–water partition coefficient (Wildman–Crippen LogP) is 0.843. The molecule has 1 fully saturated rings. The van der Waals surface area contributed by atoms with E-state index < -0.39 is 10.0 Å². The molecule has 2 amide bonds. The number of carbonyl (C=O) groups is 1. The monoisotopic (exact) mass is 370 g/mol. The molecule has 140 valence electrons. The molecule has 0 saturated carbocycles. The zero-order chi connectivity index (χ0) is 18.6. The van der Waals surface area contributed by atoms with Crippen LogP contribution in [0.1, 0.15) is 5.56 Å². The molecule has 0 radical (unpaired) electrons. The average molecular weight is 370 g/mol. The molecule has 1 atom stereocenters. The van der Waals surface area contributed by atoms with E-state index in [1.807, 2.05) is 44.1 Å². The number of hydrogen-bond donors (Lipinski definition) is 2. The van der Waals surface area contributed by atoms with Gasteiger partial charge in [-0.2, -0.15) is 0 Å². The number of hydrogen-bond acceptors (Lipinski definition) is 5. The third kappa shape index (κ3) is 5.32. The fourth-order valence-electron chi connectivity index (χ4n) is 2.77. The molecule has 0 aliphatic carbocycles. The number of anilines is 2. The van der Waals surface area contributed by atoms with Crippen molar-refractivity contribution in [2.24, 2.45) is 0 Å². The number of nitrogens with one attached hydrogen (secondary N) is 2. The van der Waals surface area contributed by atoms with Crippen LogP contribution in [0.15, 0.2) is 18.2 Å². The van der Waals surface area contributed by atoms with Crippen LogP contribution < -0.4 is 14.9 Å². The van der Waals surface area contributed by atoms with Crippen LogP contribution in [0.3, 0.4) is 0 Å². The van der Waals surface area contributed by atoms with E-state index in [-0.39, 0.29) is 18.6 Å². The number of nitrogens with zero attached hydrogens (tertiary/aromatic N) is 2. The molecule has 1 aliphatic heterocycles. The van der Waals surface area contributed by atoms with Gasteiger partial charge in [0.15, 0.2) is 0 Å². The van der Waals surface area contributed by atoms with Gasteiger partial charge in [-0.3, -0.25) is 0 Å². The maximum absolute atomic E-state index is 12.7. The summed E-state index contributed by atoms with van der Waals surface area (Å²) < 4.78 is 30.5. The summed E-state index contributed by atoms with van der Waals surface area (Å²) in [6, 6.07) is 5.12. The summed E-state index contributed by atoms with van der Waals surface area (Å²) in [6.07, 6.45) is 1.09. The van der Waals surface area contributed by atoms with Gasteiger partial charge in [0, 0.05) is 38.6 Å². The third-order valence-electron chi connectivity index (χ3n) is 4.10. The van der Waals surface area contributed by atoms with Crippen molar-refractivity contribution in [2.45, 2.75) is 13.0 Å². The SMILES string of the molecule is Cc1c(NC(=O)N2CCOCC2CNS(C)(=O)=O)cccc1N(C)C. The van der Waals surface area contributed by atoms with Crippen LogP contribution >= 0.6 is 0 Å². The number of ether oxygens (including phenoxy) is 1. The van der Waals surface area contributed by atoms with Gasteiger partial charge in [-0.1, -0.05) is 6.07 Å².